The third-order valence-corrected chi connectivity index (χ3v) is 5.15. The Hall–Kier alpha value is -3.19. The summed E-state index contributed by atoms with van der Waals surface area (Å²) >= 11 is 0. The van der Waals surface area contributed by atoms with Crippen molar-refractivity contribution in [2.45, 2.75) is 6.92 Å². The van der Waals surface area contributed by atoms with E-state index in [-0.39, 0.29) is 5.78 Å². The summed E-state index contributed by atoms with van der Waals surface area (Å²) < 4.78 is 0. The molecule has 0 amide bonds. The van der Waals surface area contributed by atoms with Gasteiger partial charge >= 0.3 is 0 Å². The van der Waals surface area contributed by atoms with Crippen LogP contribution in [0.15, 0.2) is 66.7 Å². The summed E-state index contributed by atoms with van der Waals surface area (Å²) in [7, 11) is 0. The van der Waals surface area contributed by atoms with E-state index in [0.29, 0.717) is 0 Å². The number of hydrogen-bond donors (Lipinski definition) is 0. The molecule has 0 aromatic heterocycles. The molecule has 0 N–H and O–H groups in total. The molecule has 0 fully saturated rings. The van der Waals surface area contributed by atoms with E-state index in [9.17, 15) is 4.79 Å². The van der Waals surface area contributed by atoms with Crippen LogP contribution in [0.2, 0.25) is 0 Å². The zero-order valence-electron chi connectivity index (χ0n) is 13.9. The van der Waals surface area contributed by atoms with Gasteiger partial charge in [0.25, 0.3) is 0 Å². The first-order valence-corrected chi connectivity index (χ1v) is 8.51. The molecule has 25 heavy (non-hydrogen) atoms. The minimum atomic E-state index is 0.0910. The zero-order valence-corrected chi connectivity index (χ0v) is 13.9. The Labute approximate surface area is 145 Å². The smallest absolute Gasteiger partial charge is 0.187 e. The molecule has 0 spiro atoms. The second-order valence-electron chi connectivity index (χ2n) is 6.61. The van der Waals surface area contributed by atoms with E-state index in [0.717, 1.165) is 27.1 Å². The summed E-state index contributed by atoms with van der Waals surface area (Å²) in [6.07, 6.45) is 7.74. The highest BCUT2D eigenvalue weighted by atomic mass is 16.1. The summed E-state index contributed by atoms with van der Waals surface area (Å²) in [5.41, 5.74) is 5.42. The molecule has 0 unspecified atom stereocenters. The van der Waals surface area contributed by atoms with Crippen molar-refractivity contribution in [3.63, 3.8) is 0 Å². The van der Waals surface area contributed by atoms with E-state index in [1.165, 1.54) is 21.6 Å². The van der Waals surface area contributed by atoms with Gasteiger partial charge in [-0.05, 0) is 68.3 Å². The normalized spacial score (nSPS) is 13.6. The van der Waals surface area contributed by atoms with Crippen molar-refractivity contribution in [1.29, 1.82) is 0 Å². The van der Waals surface area contributed by atoms with Gasteiger partial charge in [-0.2, -0.15) is 0 Å². The molecule has 1 heteroatoms. The molecule has 0 bridgehead atoms. The molecule has 1 nitrogen and oxygen atoms in total. The van der Waals surface area contributed by atoms with Crippen molar-refractivity contribution in [2.75, 3.05) is 0 Å². The minimum Gasteiger partial charge on any atom is -0.289 e. The Morgan fingerprint density at radius 3 is 2.52 bits per heavy atom. The van der Waals surface area contributed by atoms with Crippen molar-refractivity contribution in [3.05, 3.63) is 104 Å². The molecule has 0 saturated carbocycles. The minimum absolute atomic E-state index is 0.0910. The van der Waals surface area contributed by atoms with Gasteiger partial charge in [0.2, 0.25) is 0 Å². The molecule has 0 aliphatic heterocycles. The summed E-state index contributed by atoms with van der Waals surface area (Å²) in [6.45, 7) is 2.12. The summed E-state index contributed by atoms with van der Waals surface area (Å²) in [5.74, 6) is 0.0910. The second-order valence-corrected chi connectivity index (χ2v) is 6.61. The maximum Gasteiger partial charge on any atom is 0.187 e. The Morgan fingerprint density at radius 2 is 1.64 bits per heavy atom. The lowest BCUT2D eigenvalue weighted by molar-refractivity contribution is 0.104. The fraction of sp³-hybridized carbons (Fsp3) is 0.0417. The molecule has 118 valence electrons. The number of rotatable bonds is 1. The summed E-state index contributed by atoms with van der Waals surface area (Å²) in [5, 5.41) is 4.58. The number of carbonyl (C=O) groups excluding carboxylic acids is 1. The van der Waals surface area contributed by atoms with Crippen LogP contribution in [-0.4, -0.2) is 5.78 Å². The number of ketones is 1. The van der Waals surface area contributed by atoms with E-state index in [2.05, 4.69) is 67.6 Å². The van der Waals surface area contributed by atoms with Gasteiger partial charge in [0.1, 0.15) is 0 Å². The van der Waals surface area contributed by atoms with Crippen molar-refractivity contribution >= 4 is 17.9 Å². The standard InChI is InChI=1S/C24H16O/c1-15-7-2-4-9-17(15)20-14-21-18-10-5-3-8-16(18)13-22(21)24-19(20)11-6-12-23(24)25/h2-14H,1H3. The highest BCUT2D eigenvalue weighted by Crippen LogP contribution is 2.25. The van der Waals surface area contributed by atoms with Crippen LogP contribution in [0.4, 0.5) is 0 Å². The fourth-order valence-corrected chi connectivity index (χ4v) is 3.96. The Morgan fingerprint density at radius 1 is 0.840 bits per heavy atom. The third-order valence-electron chi connectivity index (χ3n) is 5.15. The van der Waals surface area contributed by atoms with E-state index >= 15 is 0 Å². The number of benzene rings is 3. The van der Waals surface area contributed by atoms with Crippen LogP contribution in [0.1, 0.15) is 21.5 Å². The van der Waals surface area contributed by atoms with Crippen molar-refractivity contribution in [2.24, 2.45) is 0 Å². The first kappa shape index (κ1) is 14.2. The zero-order chi connectivity index (χ0) is 17.0. The van der Waals surface area contributed by atoms with Gasteiger partial charge in [-0.15, -0.1) is 0 Å². The van der Waals surface area contributed by atoms with Crippen LogP contribution in [-0.2, 0) is 0 Å². The van der Waals surface area contributed by atoms with E-state index in [4.69, 9.17) is 0 Å². The molecule has 2 aliphatic rings. The van der Waals surface area contributed by atoms with Crippen LogP contribution in [0, 0.1) is 17.4 Å². The first-order valence-electron chi connectivity index (χ1n) is 8.51. The summed E-state index contributed by atoms with van der Waals surface area (Å²) in [4.78, 5) is 12.7. The van der Waals surface area contributed by atoms with E-state index in [1.807, 2.05) is 12.1 Å². The molecule has 2 aliphatic carbocycles. The van der Waals surface area contributed by atoms with Gasteiger partial charge in [0, 0.05) is 5.56 Å². The van der Waals surface area contributed by atoms with Gasteiger partial charge in [0.15, 0.2) is 5.78 Å². The molecular weight excluding hydrogens is 304 g/mol. The average molecular weight is 320 g/mol. The maximum absolute atomic E-state index is 12.7. The van der Waals surface area contributed by atoms with Gasteiger partial charge in [-0.3, -0.25) is 4.79 Å². The molecule has 0 radical (unpaired) electrons. The Bertz CT molecular complexity index is 1310. The highest BCUT2D eigenvalue weighted by molar-refractivity contribution is 6.10. The highest BCUT2D eigenvalue weighted by Gasteiger charge is 2.19. The van der Waals surface area contributed by atoms with Crippen molar-refractivity contribution in [1.82, 2.24) is 0 Å². The monoisotopic (exact) mass is 320 g/mol. The lowest BCUT2D eigenvalue weighted by Gasteiger charge is -2.14. The average Bonchev–Trinajstić information content (AvgIpc) is 3.00. The topological polar surface area (TPSA) is 17.1 Å². The fourth-order valence-electron chi connectivity index (χ4n) is 3.96. The lowest BCUT2D eigenvalue weighted by atomic mass is 9.89. The van der Waals surface area contributed by atoms with E-state index < -0.39 is 0 Å². The number of fused-ring (bicyclic) bond motifs is 4. The van der Waals surface area contributed by atoms with Gasteiger partial charge in [-0.25, -0.2) is 0 Å². The molecule has 0 atom stereocenters. The SMILES string of the molecule is Cc1ccccc1-c1cc2c(c3c1=CC=CC3=O)C=c1ccccc1=2. The van der Waals surface area contributed by atoms with Crippen LogP contribution in [0.25, 0.3) is 23.3 Å². The Kier molecular flexibility index (Phi) is 2.92. The molecular formula is C24H16O. The second kappa shape index (κ2) is 5.15. The number of allylic oxidation sites excluding steroid dienone is 2. The van der Waals surface area contributed by atoms with E-state index in [1.54, 1.807) is 6.08 Å². The first-order chi connectivity index (χ1) is 12.2. The molecule has 3 aromatic rings. The van der Waals surface area contributed by atoms with Crippen molar-refractivity contribution in [3.8, 4) is 11.1 Å². The number of carbonyl (C=O) groups is 1. The van der Waals surface area contributed by atoms with Crippen LogP contribution in [0.3, 0.4) is 0 Å². The number of aryl methyl sites for hydroxylation is 1. The molecule has 5 rings (SSSR count). The lowest BCUT2D eigenvalue weighted by Crippen LogP contribution is -2.21. The molecule has 0 heterocycles. The van der Waals surface area contributed by atoms with Gasteiger partial charge in [-0.1, -0.05) is 60.7 Å². The van der Waals surface area contributed by atoms with Crippen LogP contribution in [0.5, 0.6) is 0 Å². The summed E-state index contributed by atoms with van der Waals surface area (Å²) in [6, 6.07) is 19.0. The van der Waals surface area contributed by atoms with Crippen LogP contribution < -0.4 is 10.4 Å². The molecule has 3 aromatic carbocycles. The largest absolute Gasteiger partial charge is 0.289 e. The number of hydrogen-bond acceptors (Lipinski definition) is 1. The van der Waals surface area contributed by atoms with Gasteiger partial charge in [0.05, 0.1) is 0 Å². The predicted molar refractivity (Wildman–Crippen MR) is 101 cm³/mol. The van der Waals surface area contributed by atoms with Crippen LogP contribution >= 0.6 is 0 Å². The van der Waals surface area contributed by atoms with Crippen molar-refractivity contribution < 1.29 is 4.79 Å². The van der Waals surface area contributed by atoms with Gasteiger partial charge < -0.3 is 0 Å². The third kappa shape index (κ3) is 1.99. The quantitative estimate of drug-likeness (QED) is 0.523. The molecule has 0 saturated heterocycles. The Balaban J connectivity index is 2.04. The predicted octanol–water partition coefficient (Wildman–Crippen LogP) is 3.62. The maximum atomic E-state index is 12.7.